The molecule has 5 nitrogen and oxygen atoms in total. The fourth-order valence-corrected chi connectivity index (χ4v) is 3.44. The summed E-state index contributed by atoms with van der Waals surface area (Å²) in [4.78, 5) is 0. The van der Waals surface area contributed by atoms with Gasteiger partial charge in [-0.15, -0.1) is 0 Å². The predicted octanol–water partition coefficient (Wildman–Crippen LogP) is 4.30. The van der Waals surface area contributed by atoms with E-state index < -0.39 is 0 Å². The van der Waals surface area contributed by atoms with Crippen LogP contribution < -0.4 is 11.5 Å². The number of hydrogen-bond acceptors (Lipinski definition) is 4. The van der Waals surface area contributed by atoms with Gasteiger partial charge in [-0.3, -0.25) is 4.68 Å². The summed E-state index contributed by atoms with van der Waals surface area (Å²) in [5, 5.41) is 5.56. The number of hydrogen-bond donors (Lipinski definition) is 2. The van der Waals surface area contributed by atoms with Crippen LogP contribution in [-0.4, -0.2) is 22.5 Å². The van der Waals surface area contributed by atoms with E-state index in [-0.39, 0.29) is 5.60 Å². The standard InChI is InChI=1S/C21H28N4O/c1-13-7-6-8-14(2)18(13)16-11-15(22)12-17-19(16)20(23)24-25(17)10-9-21(3,4)26-5/h6-8,11-12H,9-10,22H2,1-5H3,(H2,23,24). The van der Waals surface area contributed by atoms with Crippen LogP contribution in [-0.2, 0) is 11.3 Å². The fraction of sp³-hybridized carbons (Fsp3) is 0.381. The topological polar surface area (TPSA) is 79.1 Å². The molecule has 1 aromatic heterocycles. The molecule has 0 aliphatic heterocycles. The zero-order valence-electron chi connectivity index (χ0n) is 16.3. The zero-order chi connectivity index (χ0) is 19.1. The van der Waals surface area contributed by atoms with E-state index in [1.54, 1.807) is 7.11 Å². The van der Waals surface area contributed by atoms with Crippen LogP contribution in [0.4, 0.5) is 11.5 Å². The number of nitrogen functional groups attached to an aromatic ring is 2. The molecule has 0 saturated heterocycles. The number of rotatable bonds is 5. The van der Waals surface area contributed by atoms with Gasteiger partial charge in [-0.05, 0) is 68.5 Å². The Hall–Kier alpha value is -2.53. The summed E-state index contributed by atoms with van der Waals surface area (Å²) in [7, 11) is 1.73. The molecule has 0 radical (unpaired) electrons. The van der Waals surface area contributed by atoms with Crippen molar-refractivity contribution in [2.75, 3.05) is 18.6 Å². The van der Waals surface area contributed by atoms with Gasteiger partial charge < -0.3 is 16.2 Å². The van der Waals surface area contributed by atoms with Crippen molar-refractivity contribution in [1.82, 2.24) is 9.78 Å². The Morgan fingerprint density at radius 3 is 2.38 bits per heavy atom. The van der Waals surface area contributed by atoms with Crippen LogP contribution in [0.15, 0.2) is 30.3 Å². The number of methoxy groups -OCH3 is 1. The van der Waals surface area contributed by atoms with E-state index in [4.69, 9.17) is 16.2 Å². The summed E-state index contributed by atoms with van der Waals surface area (Å²) in [5.41, 5.74) is 18.6. The molecule has 2 aromatic carbocycles. The number of ether oxygens (including phenoxy) is 1. The summed E-state index contributed by atoms with van der Waals surface area (Å²) in [5.74, 6) is 0.535. The first-order valence-corrected chi connectivity index (χ1v) is 8.91. The van der Waals surface area contributed by atoms with Crippen LogP contribution in [0.1, 0.15) is 31.4 Å². The first kappa shape index (κ1) is 18.3. The van der Waals surface area contributed by atoms with Gasteiger partial charge in [0.25, 0.3) is 0 Å². The van der Waals surface area contributed by atoms with Crippen molar-refractivity contribution in [3.8, 4) is 11.1 Å². The second-order valence-electron chi connectivity index (χ2n) is 7.55. The highest BCUT2D eigenvalue weighted by molar-refractivity contribution is 6.04. The van der Waals surface area contributed by atoms with E-state index in [1.807, 2.05) is 16.8 Å². The smallest absolute Gasteiger partial charge is 0.154 e. The minimum atomic E-state index is -0.219. The van der Waals surface area contributed by atoms with Gasteiger partial charge in [-0.2, -0.15) is 5.10 Å². The van der Waals surface area contributed by atoms with Gasteiger partial charge in [-0.25, -0.2) is 0 Å². The molecule has 5 heteroatoms. The van der Waals surface area contributed by atoms with E-state index in [0.29, 0.717) is 18.1 Å². The third-order valence-corrected chi connectivity index (χ3v) is 5.13. The maximum absolute atomic E-state index is 6.33. The van der Waals surface area contributed by atoms with Crippen LogP contribution in [0.2, 0.25) is 0 Å². The molecule has 138 valence electrons. The summed E-state index contributed by atoms with van der Waals surface area (Å²) >= 11 is 0. The van der Waals surface area contributed by atoms with Gasteiger partial charge >= 0.3 is 0 Å². The molecular formula is C21H28N4O. The lowest BCUT2D eigenvalue weighted by molar-refractivity contribution is 0.0116. The monoisotopic (exact) mass is 352 g/mol. The van der Waals surface area contributed by atoms with Gasteiger partial charge in [0.1, 0.15) is 0 Å². The Balaban J connectivity index is 2.18. The predicted molar refractivity (Wildman–Crippen MR) is 109 cm³/mol. The molecule has 0 amide bonds. The molecule has 0 bridgehead atoms. The van der Waals surface area contributed by atoms with Crippen LogP contribution in [0.25, 0.3) is 22.0 Å². The Labute approximate surface area is 154 Å². The van der Waals surface area contributed by atoms with E-state index in [9.17, 15) is 0 Å². The third-order valence-electron chi connectivity index (χ3n) is 5.13. The SMILES string of the molecule is COC(C)(C)CCn1nc(N)c2c(-c3c(C)cccc3C)cc(N)cc21. The molecule has 0 saturated carbocycles. The highest BCUT2D eigenvalue weighted by atomic mass is 16.5. The molecule has 0 unspecified atom stereocenters. The molecule has 3 rings (SSSR count). The normalized spacial score (nSPS) is 12.0. The highest BCUT2D eigenvalue weighted by Crippen LogP contribution is 2.38. The number of nitrogens with zero attached hydrogens (tertiary/aromatic N) is 2. The molecule has 1 heterocycles. The average molecular weight is 352 g/mol. The molecule has 0 atom stereocenters. The number of anilines is 2. The molecule has 3 aromatic rings. The minimum Gasteiger partial charge on any atom is -0.399 e. The van der Waals surface area contributed by atoms with Gasteiger partial charge in [0.05, 0.1) is 16.5 Å². The second-order valence-corrected chi connectivity index (χ2v) is 7.55. The van der Waals surface area contributed by atoms with Gasteiger partial charge in [-0.1, -0.05) is 18.2 Å². The van der Waals surface area contributed by atoms with Crippen molar-refractivity contribution in [3.05, 3.63) is 41.5 Å². The summed E-state index contributed by atoms with van der Waals surface area (Å²) in [6.45, 7) is 9.07. The van der Waals surface area contributed by atoms with Crippen LogP contribution in [0.5, 0.6) is 0 Å². The highest BCUT2D eigenvalue weighted by Gasteiger charge is 2.20. The lowest BCUT2D eigenvalue weighted by atomic mass is 9.93. The number of nitrogens with two attached hydrogens (primary N) is 2. The van der Waals surface area contributed by atoms with Crippen molar-refractivity contribution in [2.24, 2.45) is 0 Å². The number of fused-ring (bicyclic) bond motifs is 1. The van der Waals surface area contributed by atoms with Crippen LogP contribution >= 0.6 is 0 Å². The van der Waals surface area contributed by atoms with E-state index in [0.717, 1.165) is 22.9 Å². The van der Waals surface area contributed by atoms with Gasteiger partial charge in [0, 0.05) is 19.3 Å². The average Bonchev–Trinajstić information content (AvgIpc) is 2.89. The molecule has 0 aliphatic rings. The van der Waals surface area contributed by atoms with Crippen LogP contribution in [0.3, 0.4) is 0 Å². The Morgan fingerprint density at radius 2 is 1.77 bits per heavy atom. The molecular weight excluding hydrogens is 324 g/mol. The quantitative estimate of drug-likeness (QED) is 0.671. The van der Waals surface area contributed by atoms with Gasteiger partial charge in [0.2, 0.25) is 0 Å². The van der Waals surface area contributed by atoms with Crippen molar-refractivity contribution in [3.63, 3.8) is 0 Å². The number of aryl methyl sites for hydroxylation is 3. The Morgan fingerprint density at radius 1 is 1.12 bits per heavy atom. The Kier molecular flexibility index (Phi) is 4.67. The van der Waals surface area contributed by atoms with Crippen molar-refractivity contribution >= 4 is 22.4 Å². The zero-order valence-corrected chi connectivity index (χ0v) is 16.3. The van der Waals surface area contributed by atoms with Crippen molar-refractivity contribution < 1.29 is 4.74 Å². The lowest BCUT2D eigenvalue weighted by Gasteiger charge is -2.22. The van der Waals surface area contributed by atoms with Gasteiger partial charge in [0.15, 0.2) is 5.82 Å². The molecule has 0 spiro atoms. The summed E-state index contributed by atoms with van der Waals surface area (Å²) < 4.78 is 7.47. The fourth-order valence-electron chi connectivity index (χ4n) is 3.44. The first-order valence-electron chi connectivity index (χ1n) is 8.91. The number of aromatic nitrogens is 2. The summed E-state index contributed by atoms with van der Waals surface area (Å²) in [6, 6.07) is 10.2. The first-order chi connectivity index (χ1) is 12.2. The van der Waals surface area contributed by atoms with E-state index in [2.05, 4.69) is 51.0 Å². The van der Waals surface area contributed by atoms with E-state index >= 15 is 0 Å². The second kappa shape index (κ2) is 6.65. The maximum Gasteiger partial charge on any atom is 0.154 e. The molecule has 0 aliphatic carbocycles. The van der Waals surface area contributed by atoms with E-state index in [1.165, 1.54) is 16.7 Å². The molecule has 26 heavy (non-hydrogen) atoms. The van der Waals surface area contributed by atoms with Crippen molar-refractivity contribution in [2.45, 2.75) is 46.3 Å². The molecule has 0 fully saturated rings. The van der Waals surface area contributed by atoms with Crippen LogP contribution in [0, 0.1) is 13.8 Å². The maximum atomic E-state index is 6.33. The van der Waals surface area contributed by atoms with Crippen molar-refractivity contribution in [1.29, 1.82) is 0 Å². The molecule has 4 N–H and O–H groups in total. The summed E-state index contributed by atoms with van der Waals surface area (Å²) in [6.07, 6.45) is 0.827. The minimum absolute atomic E-state index is 0.219. The lowest BCUT2D eigenvalue weighted by Crippen LogP contribution is -2.24. The Bertz CT molecular complexity index is 936. The number of benzene rings is 2. The third kappa shape index (κ3) is 3.27. The largest absolute Gasteiger partial charge is 0.399 e.